The highest BCUT2D eigenvalue weighted by atomic mass is 16.7. The van der Waals surface area contributed by atoms with Gasteiger partial charge in [0.2, 0.25) is 6.79 Å². The fourth-order valence-corrected chi connectivity index (χ4v) is 4.16. The Bertz CT molecular complexity index is 1030. The van der Waals surface area contributed by atoms with Crippen LogP contribution < -0.4 is 19.1 Å². The van der Waals surface area contributed by atoms with E-state index in [1.165, 1.54) is 6.08 Å². The van der Waals surface area contributed by atoms with E-state index < -0.39 is 6.10 Å². The van der Waals surface area contributed by atoms with E-state index in [2.05, 4.69) is 0 Å². The average Bonchev–Trinajstić information content (AvgIpc) is 3.30. The topological polar surface area (TPSA) is 68.3 Å². The standard InChI is InChI=1S/C24H24N2O5/c27-23(11-9-17-8-10-20-21(14-17)30-16-29-20)26-15-22(24(28)25-12-4-1-5-13-25)31-19-7-3-2-6-18(19)26/h2-3,6-11,14,22H,1,4-5,12-13,15-16H2/b11-9+/t22-/m1/s1. The van der Waals surface area contributed by atoms with Crippen LogP contribution in [0.5, 0.6) is 17.2 Å². The van der Waals surface area contributed by atoms with Crippen LogP contribution in [0.15, 0.2) is 48.5 Å². The van der Waals surface area contributed by atoms with Crippen molar-refractivity contribution in [1.29, 1.82) is 0 Å². The van der Waals surface area contributed by atoms with E-state index in [-0.39, 0.29) is 25.2 Å². The first-order valence-corrected chi connectivity index (χ1v) is 10.6. The molecule has 1 fully saturated rings. The van der Waals surface area contributed by atoms with Gasteiger partial charge in [-0.3, -0.25) is 9.59 Å². The van der Waals surface area contributed by atoms with Gasteiger partial charge in [-0.15, -0.1) is 0 Å². The fraction of sp³-hybridized carbons (Fsp3) is 0.333. The van der Waals surface area contributed by atoms with Gasteiger partial charge < -0.3 is 24.0 Å². The lowest BCUT2D eigenvalue weighted by Gasteiger charge is -2.37. The van der Waals surface area contributed by atoms with Gasteiger partial charge in [0.05, 0.1) is 12.2 Å². The van der Waals surface area contributed by atoms with E-state index in [0.717, 1.165) is 37.9 Å². The Kier molecular flexibility index (Phi) is 5.24. The number of likely N-dealkylation sites (tertiary alicyclic amines) is 1. The van der Waals surface area contributed by atoms with Crippen LogP contribution in [0.3, 0.4) is 0 Å². The molecule has 1 saturated heterocycles. The van der Waals surface area contributed by atoms with Gasteiger partial charge in [-0.05, 0) is 55.2 Å². The van der Waals surface area contributed by atoms with Gasteiger partial charge in [0.25, 0.3) is 11.8 Å². The minimum Gasteiger partial charge on any atom is -0.476 e. The van der Waals surface area contributed by atoms with Crippen LogP contribution >= 0.6 is 0 Å². The number of fused-ring (bicyclic) bond motifs is 2. The molecule has 0 aliphatic carbocycles. The van der Waals surface area contributed by atoms with Crippen LogP contribution in [-0.4, -0.2) is 49.2 Å². The second-order valence-corrected chi connectivity index (χ2v) is 7.86. The van der Waals surface area contributed by atoms with Crippen molar-refractivity contribution in [1.82, 2.24) is 4.90 Å². The van der Waals surface area contributed by atoms with Crippen molar-refractivity contribution >= 4 is 23.6 Å². The Labute approximate surface area is 180 Å². The lowest BCUT2D eigenvalue weighted by Crippen LogP contribution is -2.52. The number of carbonyl (C=O) groups is 2. The zero-order valence-corrected chi connectivity index (χ0v) is 17.2. The van der Waals surface area contributed by atoms with Gasteiger partial charge in [0.15, 0.2) is 17.6 Å². The maximum atomic E-state index is 13.1. The minimum absolute atomic E-state index is 0.0493. The molecule has 3 aliphatic heterocycles. The zero-order chi connectivity index (χ0) is 21.2. The van der Waals surface area contributed by atoms with Crippen LogP contribution in [0.25, 0.3) is 6.08 Å². The molecule has 0 N–H and O–H groups in total. The molecule has 0 aromatic heterocycles. The normalized spacial score (nSPS) is 19.8. The van der Waals surface area contributed by atoms with E-state index in [1.54, 1.807) is 17.0 Å². The van der Waals surface area contributed by atoms with Crippen molar-refractivity contribution in [3.05, 3.63) is 54.1 Å². The summed E-state index contributed by atoms with van der Waals surface area (Å²) in [6, 6.07) is 12.9. The molecule has 160 valence electrons. The van der Waals surface area contributed by atoms with E-state index >= 15 is 0 Å². The predicted octanol–water partition coefficient (Wildman–Crippen LogP) is 3.24. The highest BCUT2D eigenvalue weighted by Gasteiger charge is 2.35. The summed E-state index contributed by atoms with van der Waals surface area (Å²) in [7, 11) is 0. The Balaban J connectivity index is 1.36. The van der Waals surface area contributed by atoms with Gasteiger partial charge >= 0.3 is 0 Å². The first kappa shape index (κ1) is 19.5. The molecular weight excluding hydrogens is 396 g/mol. The van der Waals surface area contributed by atoms with Gasteiger partial charge in [0.1, 0.15) is 5.75 Å². The second-order valence-electron chi connectivity index (χ2n) is 7.86. The molecule has 3 heterocycles. The number of rotatable bonds is 3. The smallest absolute Gasteiger partial charge is 0.265 e. The Morgan fingerprint density at radius 3 is 2.61 bits per heavy atom. The fourth-order valence-electron chi connectivity index (χ4n) is 4.16. The maximum Gasteiger partial charge on any atom is 0.265 e. The number of hydrogen-bond donors (Lipinski definition) is 0. The van der Waals surface area contributed by atoms with Crippen LogP contribution in [0.1, 0.15) is 24.8 Å². The van der Waals surface area contributed by atoms with E-state index in [1.807, 2.05) is 41.3 Å². The molecule has 0 spiro atoms. The van der Waals surface area contributed by atoms with Crippen LogP contribution in [0, 0.1) is 0 Å². The van der Waals surface area contributed by atoms with Crippen molar-refractivity contribution in [2.24, 2.45) is 0 Å². The molecule has 3 aliphatic rings. The molecule has 0 unspecified atom stereocenters. The third-order valence-corrected chi connectivity index (χ3v) is 5.80. The minimum atomic E-state index is -0.698. The highest BCUT2D eigenvalue weighted by molar-refractivity contribution is 6.05. The average molecular weight is 420 g/mol. The monoisotopic (exact) mass is 420 g/mol. The second kappa shape index (κ2) is 8.34. The summed E-state index contributed by atoms with van der Waals surface area (Å²) in [5, 5.41) is 0. The molecule has 7 nitrogen and oxygen atoms in total. The summed E-state index contributed by atoms with van der Waals surface area (Å²) in [5.41, 5.74) is 1.51. The van der Waals surface area contributed by atoms with Gasteiger partial charge in [-0.1, -0.05) is 18.2 Å². The number of hydrogen-bond acceptors (Lipinski definition) is 5. The molecule has 2 aromatic carbocycles. The largest absolute Gasteiger partial charge is 0.476 e. The summed E-state index contributed by atoms with van der Waals surface area (Å²) in [5.74, 6) is 1.66. The Hall–Kier alpha value is -3.48. The summed E-state index contributed by atoms with van der Waals surface area (Å²) < 4.78 is 16.7. The summed E-state index contributed by atoms with van der Waals surface area (Å²) in [6.45, 7) is 1.89. The van der Waals surface area contributed by atoms with Crippen molar-refractivity contribution < 1.29 is 23.8 Å². The lowest BCUT2D eigenvalue weighted by molar-refractivity contribution is -0.139. The third kappa shape index (κ3) is 3.95. The molecule has 2 amide bonds. The maximum absolute atomic E-state index is 13.1. The van der Waals surface area contributed by atoms with Crippen molar-refractivity contribution in [3.8, 4) is 17.2 Å². The van der Waals surface area contributed by atoms with Crippen molar-refractivity contribution in [2.75, 3.05) is 31.3 Å². The number of para-hydroxylation sites is 2. The van der Waals surface area contributed by atoms with Crippen LogP contribution in [0.2, 0.25) is 0 Å². The van der Waals surface area contributed by atoms with Gasteiger partial charge in [-0.25, -0.2) is 0 Å². The molecule has 0 radical (unpaired) electrons. The van der Waals surface area contributed by atoms with E-state index in [9.17, 15) is 9.59 Å². The molecule has 5 rings (SSSR count). The number of amides is 2. The molecular formula is C24H24N2O5. The number of anilines is 1. The Morgan fingerprint density at radius 2 is 1.74 bits per heavy atom. The Morgan fingerprint density at radius 1 is 0.935 bits per heavy atom. The molecule has 31 heavy (non-hydrogen) atoms. The first-order valence-electron chi connectivity index (χ1n) is 10.6. The SMILES string of the molecule is O=C([C@H]1CN(C(=O)/C=C/c2ccc3c(c2)OCO3)c2ccccc2O1)N1CCCCC1. The lowest BCUT2D eigenvalue weighted by atomic mass is 10.1. The van der Waals surface area contributed by atoms with Crippen molar-refractivity contribution in [3.63, 3.8) is 0 Å². The number of ether oxygens (including phenoxy) is 3. The van der Waals surface area contributed by atoms with E-state index in [4.69, 9.17) is 14.2 Å². The first-order chi connectivity index (χ1) is 15.2. The molecule has 1 atom stereocenters. The molecule has 0 bridgehead atoms. The highest BCUT2D eigenvalue weighted by Crippen LogP contribution is 2.35. The quantitative estimate of drug-likeness (QED) is 0.713. The third-order valence-electron chi connectivity index (χ3n) is 5.80. The number of benzene rings is 2. The number of carbonyl (C=O) groups excluding carboxylic acids is 2. The van der Waals surface area contributed by atoms with E-state index in [0.29, 0.717) is 22.9 Å². The summed E-state index contributed by atoms with van der Waals surface area (Å²) in [6.07, 6.45) is 5.72. The number of nitrogens with zero attached hydrogens (tertiary/aromatic N) is 2. The van der Waals surface area contributed by atoms with Crippen molar-refractivity contribution in [2.45, 2.75) is 25.4 Å². The predicted molar refractivity (Wildman–Crippen MR) is 115 cm³/mol. The molecule has 7 heteroatoms. The molecule has 2 aromatic rings. The van der Waals surface area contributed by atoms with Gasteiger partial charge in [0, 0.05) is 19.2 Å². The molecule has 0 saturated carbocycles. The number of piperidine rings is 1. The van der Waals surface area contributed by atoms with Crippen LogP contribution in [-0.2, 0) is 9.59 Å². The summed E-state index contributed by atoms with van der Waals surface area (Å²) >= 11 is 0. The summed E-state index contributed by atoms with van der Waals surface area (Å²) in [4.78, 5) is 29.6. The van der Waals surface area contributed by atoms with Gasteiger partial charge in [-0.2, -0.15) is 0 Å². The zero-order valence-electron chi connectivity index (χ0n) is 17.2. The van der Waals surface area contributed by atoms with Crippen LogP contribution in [0.4, 0.5) is 5.69 Å².